The van der Waals surface area contributed by atoms with Gasteiger partial charge in [-0.2, -0.15) is 0 Å². The molecule has 0 aliphatic carbocycles. The van der Waals surface area contributed by atoms with Gasteiger partial charge in [0.2, 0.25) is 5.91 Å². The van der Waals surface area contributed by atoms with Crippen LogP contribution in [0.2, 0.25) is 0 Å². The average molecular weight is 391 g/mol. The van der Waals surface area contributed by atoms with Crippen LogP contribution in [-0.4, -0.2) is 30.5 Å². The minimum atomic E-state index is -0.240. The molecular formula is C19H23BrN2O2. The Morgan fingerprint density at radius 1 is 1.25 bits per heavy atom. The van der Waals surface area contributed by atoms with Crippen molar-refractivity contribution in [3.63, 3.8) is 0 Å². The van der Waals surface area contributed by atoms with Gasteiger partial charge in [0.25, 0.3) is 0 Å². The van der Waals surface area contributed by atoms with Crippen LogP contribution in [0.1, 0.15) is 19.4 Å². The summed E-state index contributed by atoms with van der Waals surface area (Å²) in [6.07, 6.45) is 0. The summed E-state index contributed by atoms with van der Waals surface area (Å²) in [6.45, 7) is 5.22. The van der Waals surface area contributed by atoms with Crippen molar-refractivity contribution in [3.8, 4) is 5.75 Å². The lowest BCUT2D eigenvalue weighted by Crippen LogP contribution is -2.39. The average Bonchev–Trinajstić information content (AvgIpc) is 2.56. The van der Waals surface area contributed by atoms with Crippen molar-refractivity contribution < 1.29 is 9.53 Å². The molecule has 4 nitrogen and oxygen atoms in total. The molecule has 0 spiro atoms. The van der Waals surface area contributed by atoms with Gasteiger partial charge >= 0.3 is 0 Å². The third kappa shape index (κ3) is 5.35. The molecule has 128 valence electrons. The van der Waals surface area contributed by atoms with Crippen LogP contribution in [0.3, 0.4) is 0 Å². The number of ether oxygens (including phenoxy) is 1. The van der Waals surface area contributed by atoms with Gasteiger partial charge in [0.15, 0.2) is 0 Å². The summed E-state index contributed by atoms with van der Waals surface area (Å²) < 4.78 is 6.39. The van der Waals surface area contributed by atoms with Gasteiger partial charge in [-0.1, -0.05) is 34.1 Å². The second-order valence-electron chi connectivity index (χ2n) is 5.67. The van der Waals surface area contributed by atoms with Crippen LogP contribution in [0, 0.1) is 0 Å². The van der Waals surface area contributed by atoms with E-state index < -0.39 is 0 Å². The molecule has 1 atom stereocenters. The van der Waals surface area contributed by atoms with Crippen molar-refractivity contribution in [2.24, 2.45) is 0 Å². The third-order valence-electron chi connectivity index (χ3n) is 3.80. The maximum Gasteiger partial charge on any atom is 0.241 e. The van der Waals surface area contributed by atoms with Crippen LogP contribution in [0.15, 0.2) is 53.0 Å². The number of carbonyl (C=O) groups excluding carboxylic acids is 1. The number of benzene rings is 2. The van der Waals surface area contributed by atoms with E-state index in [2.05, 4.69) is 21.2 Å². The molecule has 0 bridgehead atoms. The molecule has 1 N–H and O–H groups in total. The molecule has 0 fully saturated rings. The van der Waals surface area contributed by atoms with Crippen molar-refractivity contribution in [1.29, 1.82) is 0 Å². The molecule has 1 amide bonds. The van der Waals surface area contributed by atoms with Crippen LogP contribution in [0.5, 0.6) is 5.75 Å². The summed E-state index contributed by atoms with van der Waals surface area (Å²) in [5, 5.41) is 2.94. The highest BCUT2D eigenvalue weighted by atomic mass is 79.9. The van der Waals surface area contributed by atoms with E-state index in [1.807, 2.05) is 74.3 Å². The maximum absolute atomic E-state index is 12.4. The molecule has 0 radical (unpaired) electrons. The fraction of sp³-hybridized carbons (Fsp3) is 0.316. The normalized spacial score (nSPS) is 12.0. The largest absolute Gasteiger partial charge is 0.494 e. The lowest BCUT2D eigenvalue weighted by atomic mass is 10.1. The van der Waals surface area contributed by atoms with E-state index in [9.17, 15) is 4.79 Å². The number of rotatable bonds is 7. The van der Waals surface area contributed by atoms with Crippen LogP contribution in [-0.2, 0) is 11.3 Å². The second-order valence-corrected chi connectivity index (χ2v) is 6.58. The van der Waals surface area contributed by atoms with Crippen molar-refractivity contribution in [3.05, 3.63) is 58.6 Å². The summed E-state index contributed by atoms with van der Waals surface area (Å²) in [4.78, 5) is 14.4. The fourth-order valence-corrected chi connectivity index (χ4v) is 2.70. The lowest BCUT2D eigenvalue weighted by molar-refractivity contribution is -0.120. The van der Waals surface area contributed by atoms with Crippen LogP contribution in [0.25, 0.3) is 0 Å². The number of halogens is 1. The molecule has 0 aliphatic heterocycles. The topological polar surface area (TPSA) is 41.6 Å². The molecule has 5 heteroatoms. The number of anilines is 1. The monoisotopic (exact) mass is 390 g/mol. The minimum Gasteiger partial charge on any atom is -0.494 e. The quantitative estimate of drug-likeness (QED) is 0.765. The Morgan fingerprint density at radius 2 is 1.96 bits per heavy atom. The van der Waals surface area contributed by atoms with Crippen molar-refractivity contribution in [1.82, 2.24) is 4.90 Å². The van der Waals surface area contributed by atoms with Gasteiger partial charge in [-0.15, -0.1) is 0 Å². The molecule has 0 aliphatic rings. The highest BCUT2D eigenvalue weighted by molar-refractivity contribution is 9.10. The van der Waals surface area contributed by atoms with Gasteiger partial charge in [-0.25, -0.2) is 0 Å². The number of nitrogens with one attached hydrogen (secondary N) is 1. The van der Waals surface area contributed by atoms with Crippen molar-refractivity contribution in [2.45, 2.75) is 26.4 Å². The number of nitrogens with zero attached hydrogens (tertiary/aromatic N) is 1. The molecule has 0 aromatic heterocycles. The zero-order valence-electron chi connectivity index (χ0n) is 14.3. The zero-order valence-corrected chi connectivity index (χ0v) is 15.8. The SMILES string of the molecule is CCOc1ccc(CN(C)[C@H](C)C(=O)Nc2cccc(Br)c2)cc1. The molecular weight excluding hydrogens is 368 g/mol. The lowest BCUT2D eigenvalue weighted by Gasteiger charge is -2.24. The number of amides is 1. The second kappa shape index (κ2) is 8.85. The first-order chi connectivity index (χ1) is 11.5. The number of likely N-dealkylation sites (N-methyl/N-ethyl adjacent to an activating group) is 1. The highest BCUT2D eigenvalue weighted by Gasteiger charge is 2.18. The van der Waals surface area contributed by atoms with E-state index in [0.29, 0.717) is 13.2 Å². The van der Waals surface area contributed by atoms with E-state index in [-0.39, 0.29) is 11.9 Å². The Balaban J connectivity index is 1.93. The zero-order chi connectivity index (χ0) is 17.5. The van der Waals surface area contributed by atoms with Crippen molar-refractivity contribution >= 4 is 27.5 Å². The van der Waals surface area contributed by atoms with Gasteiger partial charge < -0.3 is 10.1 Å². The summed E-state index contributed by atoms with van der Waals surface area (Å²) in [5.41, 5.74) is 1.93. The fourth-order valence-electron chi connectivity index (χ4n) is 2.30. The van der Waals surface area contributed by atoms with E-state index in [4.69, 9.17) is 4.74 Å². The van der Waals surface area contributed by atoms with Gasteiger partial charge in [-0.05, 0) is 56.8 Å². The van der Waals surface area contributed by atoms with Crippen molar-refractivity contribution in [2.75, 3.05) is 19.0 Å². The first kappa shape index (κ1) is 18.5. The summed E-state index contributed by atoms with van der Waals surface area (Å²) in [6, 6.07) is 15.3. The first-order valence-electron chi connectivity index (χ1n) is 7.98. The van der Waals surface area contributed by atoms with Crippen LogP contribution in [0.4, 0.5) is 5.69 Å². The highest BCUT2D eigenvalue weighted by Crippen LogP contribution is 2.17. The maximum atomic E-state index is 12.4. The summed E-state index contributed by atoms with van der Waals surface area (Å²) in [5.74, 6) is 0.839. The standard InChI is InChI=1S/C19H23BrN2O2/c1-4-24-18-10-8-15(9-11-18)13-22(3)14(2)19(23)21-17-7-5-6-16(20)12-17/h5-12,14H,4,13H2,1-3H3,(H,21,23)/t14-/m1/s1. The van der Waals surface area contributed by atoms with Crippen LogP contribution < -0.4 is 10.1 Å². The number of carbonyl (C=O) groups is 1. The van der Waals surface area contributed by atoms with Gasteiger partial charge in [0, 0.05) is 16.7 Å². The first-order valence-corrected chi connectivity index (χ1v) is 8.77. The molecule has 0 saturated carbocycles. The van der Waals surface area contributed by atoms with E-state index in [1.165, 1.54) is 0 Å². The Morgan fingerprint density at radius 3 is 2.58 bits per heavy atom. The molecule has 0 unspecified atom stereocenters. The molecule has 2 aromatic carbocycles. The Kier molecular flexibility index (Phi) is 6.82. The molecule has 2 aromatic rings. The van der Waals surface area contributed by atoms with Gasteiger partial charge in [-0.3, -0.25) is 9.69 Å². The number of hydrogen-bond acceptors (Lipinski definition) is 3. The summed E-state index contributed by atoms with van der Waals surface area (Å²) >= 11 is 3.41. The molecule has 0 heterocycles. The Hall–Kier alpha value is -1.85. The Labute approximate surface area is 151 Å². The minimum absolute atomic E-state index is 0.0264. The van der Waals surface area contributed by atoms with E-state index >= 15 is 0 Å². The van der Waals surface area contributed by atoms with E-state index in [1.54, 1.807) is 0 Å². The van der Waals surface area contributed by atoms with Gasteiger partial charge in [0.1, 0.15) is 5.75 Å². The smallest absolute Gasteiger partial charge is 0.241 e. The molecule has 24 heavy (non-hydrogen) atoms. The van der Waals surface area contributed by atoms with Crippen LogP contribution >= 0.6 is 15.9 Å². The molecule has 2 rings (SSSR count). The predicted molar refractivity (Wildman–Crippen MR) is 101 cm³/mol. The Bertz CT molecular complexity index is 673. The third-order valence-corrected chi connectivity index (χ3v) is 4.29. The van der Waals surface area contributed by atoms with Gasteiger partial charge in [0.05, 0.1) is 12.6 Å². The number of hydrogen-bond donors (Lipinski definition) is 1. The van der Waals surface area contributed by atoms with E-state index in [0.717, 1.165) is 21.5 Å². The molecule has 0 saturated heterocycles. The predicted octanol–water partition coefficient (Wildman–Crippen LogP) is 4.31. The summed E-state index contributed by atoms with van der Waals surface area (Å²) in [7, 11) is 1.95.